The number of nitrogens with zero attached hydrogens (tertiary/aromatic N) is 2. The van der Waals surface area contributed by atoms with Gasteiger partial charge >= 0.3 is 0 Å². The SMILES string of the molecule is Nc1n[nH]c(C[C@H]2CC[C@@H](CO)C2)n1. The number of H-pyrrole nitrogens is 1. The van der Waals surface area contributed by atoms with Crippen molar-refractivity contribution in [3.63, 3.8) is 0 Å². The van der Waals surface area contributed by atoms with Crippen molar-refractivity contribution in [3.8, 4) is 0 Å². The van der Waals surface area contributed by atoms with Gasteiger partial charge in [0.25, 0.3) is 0 Å². The standard InChI is InChI=1S/C9H16N4O/c10-9-11-8(12-13-9)4-6-1-2-7(3-6)5-14/h6-7,14H,1-5H2,(H3,10,11,12,13)/t6-,7+/m0/s1. The van der Waals surface area contributed by atoms with E-state index < -0.39 is 0 Å². The van der Waals surface area contributed by atoms with Crippen LogP contribution in [-0.4, -0.2) is 26.9 Å². The first kappa shape index (κ1) is 9.45. The van der Waals surface area contributed by atoms with E-state index in [2.05, 4.69) is 15.2 Å². The molecule has 0 bridgehead atoms. The monoisotopic (exact) mass is 196 g/mol. The van der Waals surface area contributed by atoms with Crippen molar-refractivity contribution in [3.05, 3.63) is 5.82 Å². The van der Waals surface area contributed by atoms with Crippen LogP contribution in [0.1, 0.15) is 25.1 Å². The van der Waals surface area contributed by atoms with Gasteiger partial charge in [-0.3, -0.25) is 5.10 Å². The summed E-state index contributed by atoms with van der Waals surface area (Å²) in [6, 6.07) is 0. The van der Waals surface area contributed by atoms with Crippen molar-refractivity contribution in [1.82, 2.24) is 15.2 Å². The van der Waals surface area contributed by atoms with Gasteiger partial charge in [-0.2, -0.15) is 4.98 Å². The lowest BCUT2D eigenvalue weighted by Crippen LogP contribution is -2.04. The second-order valence-corrected chi connectivity index (χ2v) is 4.07. The molecule has 78 valence electrons. The largest absolute Gasteiger partial charge is 0.396 e. The van der Waals surface area contributed by atoms with Crippen molar-refractivity contribution >= 4 is 5.95 Å². The Labute approximate surface area is 82.7 Å². The molecule has 0 radical (unpaired) electrons. The molecule has 5 heteroatoms. The molecule has 4 N–H and O–H groups in total. The van der Waals surface area contributed by atoms with Crippen LogP contribution in [0, 0.1) is 11.8 Å². The fourth-order valence-electron chi connectivity index (χ4n) is 2.20. The summed E-state index contributed by atoms with van der Waals surface area (Å²) < 4.78 is 0. The Hall–Kier alpha value is -1.10. The maximum atomic E-state index is 9.00. The Morgan fingerprint density at radius 1 is 1.43 bits per heavy atom. The number of aliphatic hydroxyl groups excluding tert-OH is 1. The van der Waals surface area contributed by atoms with Crippen LogP contribution in [0.2, 0.25) is 0 Å². The van der Waals surface area contributed by atoms with Gasteiger partial charge < -0.3 is 10.8 Å². The molecule has 0 spiro atoms. The van der Waals surface area contributed by atoms with Crippen molar-refractivity contribution in [2.45, 2.75) is 25.7 Å². The van der Waals surface area contributed by atoms with Crippen LogP contribution in [0.25, 0.3) is 0 Å². The maximum absolute atomic E-state index is 9.00. The van der Waals surface area contributed by atoms with Crippen molar-refractivity contribution in [1.29, 1.82) is 0 Å². The van der Waals surface area contributed by atoms with E-state index in [1.165, 1.54) is 6.42 Å². The van der Waals surface area contributed by atoms with Crippen molar-refractivity contribution in [2.24, 2.45) is 11.8 Å². The highest BCUT2D eigenvalue weighted by molar-refractivity contribution is 5.12. The third-order valence-corrected chi connectivity index (χ3v) is 2.94. The second kappa shape index (κ2) is 3.96. The predicted octanol–water partition coefficient (Wildman–Crippen LogP) is 0.338. The van der Waals surface area contributed by atoms with Crippen LogP contribution in [-0.2, 0) is 6.42 Å². The number of rotatable bonds is 3. The Bertz CT molecular complexity index is 299. The summed E-state index contributed by atoms with van der Waals surface area (Å²) in [5.74, 6) is 2.29. The smallest absolute Gasteiger partial charge is 0.239 e. The lowest BCUT2D eigenvalue weighted by Gasteiger charge is -2.06. The molecule has 0 unspecified atom stereocenters. The highest BCUT2D eigenvalue weighted by atomic mass is 16.3. The van der Waals surface area contributed by atoms with Gasteiger partial charge in [-0.15, -0.1) is 5.10 Å². The van der Waals surface area contributed by atoms with Crippen LogP contribution >= 0.6 is 0 Å². The van der Waals surface area contributed by atoms with Crippen LogP contribution < -0.4 is 5.73 Å². The Kier molecular flexibility index (Phi) is 2.67. The highest BCUT2D eigenvalue weighted by Crippen LogP contribution is 2.32. The minimum Gasteiger partial charge on any atom is -0.396 e. The zero-order valence-corrected chi connectivity index (χ0v) is 8.11. The van der Waals surface area contributed by atoms with Gasteiger partial charge in [-0.1, -0.05) is 0 Å². The average molecular weight is 196 g/mol. The molecule has 0 aliphatic heterocycles. The van der Waals surface area contributed by atoms with Gasteiger partial charge in [0.2, 0.25) is 5.95 Å². The molecule has 1 aliphatic rings. The number of aliphatic hydroxyl groups is 1. The first-order valence-corrected chi connectivity index (χ1v) is 5.05. The number of aromatic nitrogens is 3. The lowest BCUT2D eigenvalue weighted by atomic mass is 10.0. The lowest BCUT2D eigenvalue weighted by molar-refractivity contribution is 0.226. The van der Waals surface area contributed by atoms with Gasteiger partial charge in [-0.25, -0.2) is 0 Å². The van der Waals surface area contributed by atoms with Crippen LogP contribution in [0.5, 0.6) is 0 Å². The molecule has 0 amide bonds. The van der Waals surface area contributed by atoms with E-state index >= 15 is 0 Å². The summed E-state index contributed by atoms with van der Waals surface area (Å²) in [4.78, 5) is 4.07. The molecule has 2 rings (SSSR count). The fourth-order valence-corrected chi connectivity index (χ4v) is 2.20. The molecule has 1 saturated carbocycles. The van der Waals surface area contributed by atoms with E-state index in [4.69, 9.17) is 10.8 Å². The van der Waals surface area contributed by atoms with E-state index in [0.29, 0.717) is 24.4 Å². The Balaban J connectivity index is 1.87. The van der Waals surface area contributed by atoms with Gasteiger partial charge in [0.05, 0.1) is 0 Å². The quantitative estimate of drug-likeness (QED) is 0.650. The second-order valence-electron chi connectivity index (χ2n) is 4.07. The zero-order valence-electron chi connectivity index (χ0n) is 8.11. The normalized spacial score (nSPS) is 26.9. The minimum absolute atomic E-state index is 0.315. The Morgan fingerprint density at radius 3 is 2.79 bits per heavy atom. The van der Waals surface area contributed by atoms with Gasteiger partial charge in [0, 0.05) is 13.0 Å². The number of aromatic amines is 1. The molecule has 1 heterocycles. The molecular weight excluding hydrogens is 180 g/mol. The molecule has 1 fully saturated rings. The molecule has 5 nitrogen and oxygen atoms in total. The molecule has 1 aromatic heterocycles. The first-order valence-electron chi connectivity index (χ1n) is 5.05. The molecule has 1 aromatic rings. The number of nitrogen functional groups attached to an aromatic ring is 1. The van der Waals surface area contributed by atoms with E-state index in [1.54, 1.807) is 0 Å². The topological polar surface area (TPSA) is 87.8 Å². The summed E-state index contributed by atoms with van der Waals surface area (Å²) >= 11 is 0. The zero-order chi connectivity index (χ0) is 9.97. The van der Waals surface area contributed by atoms with Crippen LogP contribution in [0.4, 0.5) is 5.95 Å². The maximum Gasteiger partial charge on any atom is 0.239 e. The van der Waals surface area contributed by atoms with E-state index in [1.807, 2.05) is 0 Å². The molecule has 1 aliphatic carbocycles. The summed E-state index contributed by atoms with van der Waals surface area (Å²) in [5.41, 5.74) is 5.41. The molecule has 0 aromatic carbocycles. The molecular formula is C9H16N4O. The molecule has 2 atom stereocenters. The van der Waals surface area contributed by atoms with Crippen LogP contribution in [0.3, 0.4) is 0 Å². The van der Waals surface area contributed by atoms with Gasteiger partial charge in [-0.05, 0) is 31.1 Å². The molecule has 0 saturated heterocycles. The first-order chi connectivity index (χ1) is 6.78. The number of nitrogens with one attached hydrogen (secondary N) is 1. The summed E-state index contributed by atoms with van der Waals surface area (Å²) in [6.07, 6.45) is 4.30. The third kappa shape index (κ3) is 2.04. The fraction of sp³-hybridized carbons (Fsp3) is 0.778. The van der Waals surface area contributed by atoms with Crippen molar-refractivity contribution in [2.75, 3.05) is 12.3 Å². The van der Waals surface area contributed by atoms with Crippen molar-refractivity contribution < 1.29 is 5.11 Å². The van der Waals surface area contributed by atoms with E-state index in [-0.39, 0.29) is 0 Å². The number of hydrogen-bond acceptors (Lipinski definition) is 4. The summed E-state index contributed by atoms with van der Waals surface area (Å²) in [6.45, 7) is 0.315. The average Bonchev–Trinajstić information content (AvgIpc) is 2.76. The summed E-state index contributed by atoms with van der Waals surface area (Å²) in [7, 11) is 0. The third-order valence-electron chi connectivity index (χ3n) is 2.94. The van der Waals surface area contributed by atoms with E-state index in [0.717, 1.165) is 25.1 Å². The number of nitrogens with two attached hydrogens (primary N) is 1. The number of hydrogen-bond donors (Lipinski definition) is 3. The van der Waals surface area contributed by atoms with Gasteiger partial charge in [0.15, 0.2) is 0 Å². The Morgan fingerprint density at radius 2 is 2.21 bits per heavy atom. The minimum atomic E-state index is 0.315. The number of anilines is 1. The van der Waals surface area contributed by atoms with Crippen LogP contribution in [0.15, 0.2) is 0 Å². The van der Waals surface area contributed by atoms with Gasteiger partial charge in [0.1, 0.15) is 5.82 Å². The summed E-state index contributed by atoms with van der Waals surface area (Å²) in [5, 5.41) is 15.6. The molecule has 14 heavy (non-hydrogen) atoms. The van der Waals surface area contributed by atoms with E-state index in [9.17, 15) is 0 Å². The highest BCUT2D eigenvalue weighted by Gasteiger charge is 2.24. The predicted molar refractivity (Wildman–Crippen MR) is 52.4 cm³/mol.